The third kappa shape index (κ3) is 6.08. The number of fused-ring (bicyclic) bond motifs is 1. The number of nitrogens with two attached hydrogens (primary N) is 1. The minimum absolute atomic E-state index is 0.232. The van der Waals surface area contributed by atoms with Gasteiger partial charge in [-0.15, -0.1) is 12.6 Å². The fraction of sp³-hybridized carbons (Fsp3) is 0.412. The first kappa shape index (κ1) is 19.3. The molecule has 0 aliphatic carbocycles. The highest BCUT2D eigenvalue weighted by molar-refractivity contribution is 7.80. The average molecular weight is 335 g/mol. The third-order valence-corrected chi connectivity index (χ3v) is 3.63. The molecule has 126 valence electrons. The van der Waals surface area contributed by atoms with Crippen molar-refractivity contribution in [2.75, 3.05) is 13.2 Å². The van der Waals surface area contributed by atoms with Crippen molar-refractivity contribution in [2.24, 2.45) is 5.73 Å². The Balaban J connectivity index is 0.000000235. The molecular weight excluding hydrogens is 310 g/mol. The Morgan fingerprint density at radius 2 is 1.96 bits per heavy atom. The average Bonchev–Trinajstić information content (AvgIpc) is 2.94. The van der Waals surface area contributed by atoms with Crippen LogP contribution in [0.2, 0.25) is 0 Å². The first-order valence-corrected chi connectivity index (χ1v) is 8.17. The summed E-state index contributed by atoms with van der Waals surface area (Å²) in [5.74, 6) is -0.232. The zero-order valence-electron chi connectivity index (χ0n) is 13.9. The van der Waals surface area contributed by atoms with Gasteiger partial charge in [-0.3, -0.25) is 0 Å². The maximum Gasteiger partial charge on any atom is 0.333 e. The van der Waals surface area contributed by atoms with Gasteiger partial charge in [-0.1, -0.05) is 31.6 Å². The van der Waals surface area contributed by atoms with E-state index in [2.05, 4.69) is 22.6 Å². The van der Waals surface area contributed by atoms with Gasteiger partial charge in [0.1, 0.15) is 6.61 Å². The number of aromatic amines is 1. The van der Waals surface area contributed by atoms with E-state index >= 15 is 0 Å². The number of carbonyl (C=O) groups is 1. The maximum absolute atomic E-state index is 11.3. The van der Waals surface area contributed by atoms with Gasteiger partial charge in [-0.2, -0.15) is 0 Å². The molecule has 0 radical (unpaired) electrons. The van der Waals surface area contributed by atoms with Gasteiger partial charge in [-0.25, -0.2) is 9.78 Å². The predicted molar refractivity (Wildman–Crippen MR) is 96.6 cm³/mol. The molecule has 1 aromatic carbocycles. The maximum atomic E-state index is 11.3. The fourth-order valence-electron chi connectivity index (χ4n) is 2.12. The fourth-order valence-corrected chi connectivity index (χ4v) is 2.35. The van der Waals surface area contributed by atoms with E-state index in [1.807, 2.05) is 38.1 Å². The number of carbonyl (C=O) groups excluding carboxylic acids is 1. The highest BCUT2D eigenvalue weighted by atomic mass is 32.1. The number of rotatable bonds is 5. The van der Waals surface area contributed by atoms with Crippen LogP contribution >= 0.6 is 12.6 Å². The SMILES string of the molecule is CCC(CC)=C(C)C(=O)OCCN.Sc1nc2ccccc2[nH]1. The molecule has 3 N–H and O–H groups in total. The number of nitrogens with zero attached hydrogens (tertiary/aromatic N) is 1. The first-order chi connectivity index (χ1) is 11.0. The first-order valence-electron chi connectivity index (χ1n) is 7.72. The normalized spacial score (nSPS) is 9.96. The topological polar surface area (TPSA) is 81.0 Å². The Morgan fingerprint density at radius 1 is 1.30 bits per heavy atom. The Labute approximate surface area is 142 Å². The van der Waals surface area contributed by atoms with Gasteiger partial charge >= 0.3 is 5.97 Å². The Bertz CT molecular complexity index is 626. The molecule has 0 saturated heterocycles. The summed E-state index contributed by atoms with van der Waals surface area (Å²) >= 11 is 4.08. The smallest absolute Gasteiger partial charge is 0.333 e. The number of ether oxygens (including phenoxy) is 1. The van der Waals surface area contributed by atoms with Crippen molar-refractivity contribution in [3.63, 3.8) is 0 Å². The van der Waals surface area contributed by atoms with Gasteiger partial charge < -0.3 is 15.5 Å². The highest BCUT2D eigenvalue weighted by Crippen LogP contribution is 2.13. The molecule has 0 aliphatic heterocycles. The van der Waals surface area contributed by atoms with Crippen LogP contribution in [0.1, 0.15) is 33.6 Å². The van der Waals surface area contributed by atoms with Crippen LogP contribution < -0.4 is 5.73 Å². The number of H-pyrrole nitrogens is 1. The van der Waals surface area contributed by atoms with Crippen LogP contribution in [0.4, 0.5) is 0 Å². The summed E-state index contributed by atoms with van der Waals surface area (Å²) in [4.78, 5) is 18.5. The van der Waals surface area contributed by atoms with Crippen molar-refractivity contribution in [3.05, 3.63) is 35.4 Å². The predicted octanol–water partition coefficient (Wildman–Crippen LogP) is 3.48. The van der Waals surface area contributed by atoms with Gasteiger partial charge in [-0.05, 0) is 31.9 Å². The number of imidazole rings is 1. The summed E-state index contributed by atoms with van der Waals surface area (Å²) in [7, 11) is 0. The summed E-state index contributed by atoms with van der Waals surface area (Å²) in [5.41, 5.74) is 9.11. The number of benzene rings is 1. The van der Waals surface area contributed by atoms with Crippen molar-refractivity contribution in [3.8, 4) is 0 Å². The van der Waals surface area contributed by atoms with Crippen LogP contribution in [0.3, 0.4) is 0 Å². The van der Waals surface area contributed by atoms with E-state index in [4.69, 9.17) is 10.5 Å². The number of hydrogen-bond donors (Lipinski definition) is 3. The van der Waals surface area contributed by atoms with Crippen molar-refractivity contribution in [1.82, 2.24) is 9.97 Å². The Morgan fingerprint density at radius 3 is 2.52 bits per heavy atom. The second kappa shape index (κ2) is 10.1. The van der Waals surface area contributed by atoms with Gasteiger partial charge in [0.15, 0.2) is 5.16 Å². The molecule has 0 bridgehead atoms. The van der Waals surface area contributed by atoms with Gasteiger partial charge in [0, 0.05) is 12.1 Å². The summed E-state index contributed by atoms with van der Waals surface area (Å²) < 4.78 is 4.92. The minimum Gasteiger partial charge on any atom is -0.461 e. The van der Waals surface area contributed by atoms with E-state index in [0.717, 1.165) is 35.0 Å². The number of hydrogen-bond acceptors (Lipinski definition) is 5. The van der Waals surface area contributed by atoms with E-state index in [0.29, 0.717) is 18.3 Å². The number of nitrogens with one attached hydrogen (secondary N) is 1. The van der Waals surface area contributed by atoms with Crippen molar-refractivity contribution in [1.29, 1.82) is 0 Å². The molecule has 0 aliphatic rings. The molecule has 0 fully saturated rings. The second-order valence-corrected chi connectivity index (χ2v) is 5.36. The van der Waals surface area contributed by atoms with Gasteiger partial charge in [0.2, 0.25) is 0 Å². The molecular formula is C17H25N3O2S. The lowest BCUT2D eigenvalue weighted by molar-refractivity contribution is -0.138. The standard InChI is InChI=1S/C10H19NO2.C7H6N2S/c1-4-9(5-2)8(3)10(12)13-7-6-11;10-7-8-5-3-1-2-4-6(5)9-7/h4-7,11H2,1-3H3;1-4H,(H2,8,9,10). The number of aromatic nitrogens is 2. The van der Waals surface area contributed by atoms with Crippen LogP contribution in [-0.2, 0) is 9.53 Å². The number of para-hydroxylation sites is 2. The lowest BCUT2D eigenvalue weighted by atomic mass is 10.1. The molecule has 1 heterocycles. The van der Waals surface area contributed by atoms with Crippen molar-refractivity contribution in [2.45, 2.75) is 38.8 Å². The van der Waals surface area contributed by atoms with E-state index in [1.165, 1.54) is 0 Å². The molecule has 0 unspecified atom stereocenters. The van der Waals surface area contributed by atoms with Crippen LogP contribution in [0.25, 0.3) is 11.0 Å². The summed E-state index contributed by atoms with van der Waals surface area (Å²) in [6.45, 7) is 6.57. The Hall–Kier alpha value is -1.79. The highest BCUT2D eigenvalue weighted by Gasteiger charge is 2.08. The third-order valence-electron chi connectivity index (χ3n) is 3.42. The molecule has 0 spiro atoms. The molecule has 5 nitrogen and oxygen atoms in total. The number of esters is 1. The summed E-state index contributed by atoms with van der Waals surface area (Å²) in [6, 6.07) is 7.84. The van der Waals surface area contributed by atoms with E-state index < -0.39 is 0 Å². The van der Waals surface area contributed by atoms with E-state index in [-0.39, 0.29) is 5.97 Å². The second-order valence-electron chi connectivity index (χ2n) is 4.94. The van der Waals surface area contributed by atoms with Crippen LogP contribution in [-0.4, -0.2) is 29.1 Å². The lowest BCUT2D eigenvalue weighted by Gasteiger charge is -2.07. The largest absolute Gasteiger partial charge is 0.461 e. The monoisotopic (exact) mass is 335 g/mol. The van der Waals surface area contributed by atoms with Crippen LogP contribution in [0.15, 0.2) is 40.6 Å². The number of allylic oxidation sites excluding steroid dienone is 1. The molecule has 2 aromatic rings. The van der Waals surface area contributed by atoms with E-state index in [9.17, 15) is 4.79 Å². The van der Waals surface area contributed by atoms with Gasteiger partial charge in [0.05, 0.1) is 11.0 Å². The molecule has 0 atom stereocenters. The number of thiol groups is 1. The molecule has 1 aromatic heterocycles. The molecule has 6 heteroatoms. The summed E-state index contributed by atoms with van der Waals surface area (Å²) in [5, 5.41) is 0.668. The summed E-state index contributed by atoms with van der Waals surface area (Å²) in [6.07, 6.45) is 1.81. The van der Waals surface area contributed by atoms with Crippen molar-refractivity contribution < 1.29 is 9.53 Å². The molecule has 0 amide bonds. The Kier molecular flexibility index (Phi) is 8.43. The zero-order valence-corrected chi connectivity index (χ0v) is 14.8. The van der Waals surface area contributed by atoms with Crippen LogP contribution in [0, 0.1) is 0 Å². The lowest BCUT2D eigenvalue weighted by Crippen LogP contribution is -2.15. The molecule has 2 rings (SSSR count). The minimum atomic E-state index is -0.232. The van der Waals surface area contributed by atoms with E-state index in [1.54, 1.807) is 6.92 Å². The van der Waals surface area contributed by atoms with Crippen LogP contribution in [0.5, 0.6) is 0 Å². The van der Waals surface area contributed by atoms with Crippen molar-refractivity contribution >= 4 is 29.6 Å². The quantitative estimate of drug-likeness (QED) is 0.444. The molecule has 23 heavy (non-hydrogen) atoms. The van der Waals surface area contributed by atoms with Gasteiger partial charge in [0.25, 0.3) is 0 Å². The zero-order chi connectivity index (χ0) is 17.2. The molecule has 0 saturated carbocycles.